The molecule has 0 bridgehead atoms. The molecule has 0 saturated heterocycles. The Morgan fingerprint density at radius 2 is 2.03 bits per heavy atom. The standard InChI is InChI=1S/C20H28FN5O3S/c1-13(14-4-6-18(21)19(10-14)29-2)26-17-5-3-15(9-17)16-11-24-20(25-12-16)23-7-8-30(22,27)28/h4,6,10-13,15,17,26H,3,5,7-9H2,1-2H3,(H2,22,27,28)(H,23,24,25)/t13-,15-,17+/m1/s1. The van der Waals surface area contributed by atoms with Gasteiger partial charge in [0.2, 0.25) is 16.0 Å². The highest BCUT2D eigenvalue weighted by molar-refractivity contribution is 7.89. The maximum absolute atomic E-state index is 13.6. The van der Waals surface area contributed by atoms with E-state index in [1.54, 1.807) is 24.5 Å². The van der Waals surface area contributed by atoms with E-state index in [0.717, 1.165) is 30.4 Å². The number of hydrogen-bond acceptors (Lipinski definition) is 7. The minimum absolute atomic E-state index is 0.0740. The summed E-state index contributed by atoms with van der Waals surface area (Å²) in [5, 5.41) is 11.4. The van der Waals surface area contributed by atoms with E-state index in [-0.39, 0.29) is 29.9 Å². The Bertz CT molecular complexity index is 955. The Labute approximate surface area is 176 Å². The van der Waals surface area contributed by atoms with Crippen LogP contribution in [-0.2, 0) is 10.0 Å². The Morgan fingerprint density at radius 3 is 2.70 bits per heavy atom. The smallest absolute Gasteiger partial charge is 0.222 e. The van der Waals surface area contributed by atoms with Crippen LogP contribution < -0.4 is 20.5 Å². The first-order valence-corrected chi connectivity index (χ1v) is 11.6. The van der Waals surface area contributed by atoms with Crippen molar-refractivity contribution in [1.82, 2.24) is 15.3 Å². The number of nitrogens with one attached hydrogen (secondary N) is 2. The number of nitrogens with two attached hydrogens (primary N) is 1. The average Bonchev–Trinajstić information content (AvgIpc) is 3.16. The average molecular weight is 438 g/mol. The van der Waals surface area contributed by atoms with E-state index in [4.69, 9.17) is 9.88 Å². The summed E-state index contributed by atoms with van der Waals surface area (Å²) in [4.78, 5) is 8.55. The molecule has 4 N–H and O–H groups in total. The van der Waals surface area contributed by atoms with E-state index >= 15 is 0 Å². The Balaban J connectivity index is 1.52. The molecule has 2 aromatic rings. The zero-order chi connectivity index (χ0) is 21.7. The number of aromatic nitrogens is 2. The van der Waals surface area contributed by atoms with Gasteiger partial charge in [-0.3, -0.25) is 0 Å². The number of sulfonamides is 1. The fourth-order valence-electron chi connectivity index (χ4n) is 3.78. The van der Waals surface area contributed by atoms with Crippen LogP contribution in [0, 0.1) is 5.82 Å². The van der Waals surface area contributed by atoms with Crippen LogP contribution in [0.1, 0.15) is 49.3 Å². The summed E-state index contributed by atoms with van der Waals surface area (Å²) in [6, 6.07) is 5.35. The summed E-state index contributed by atoms with van der Waals surface area (Å²) in [5.41, 5.74) is 2.04. The molecule has 0 radical (unpaired) electrons. The van der Waals surface area contributed by atoms with Crippen molar-refractivity contribution in [3.05, 3.63) is 47.5 Å². The number of rotatable bonds is 9. The van der Waals surface area contributed by atoms with Crippen molar-refractivity contribution in [3.8, 4) is 5.75 Å². The third-order valence-electron chi connectivity index (χ3n) is 5.41. The molecule has 1 saturated carbocycles. The van der Waals surface area contributed by atoms with Crippen molar-refractivity contribution in [1.29, 1.82) is 0 Å². The summed E-state index contributed by atoms with van der Waals surface area (Å²) in [6.07, 6.45) is 6.59. The number of hydrogen-bond donors (Lipinski definition) is 3. The first-order valence-electron chi connectivity index (χ1n) is 9.91. The van der Waals surface area contributed by atoms with Gasteiger partial charge in [-0.1, -0.05) is 6.07 Å². The number of benzene rings is 1. The van der Waals surface area contributed by atoms with Gasteiger partial charge in [0.05, 0.1) is 12.9 Å². The molecule has 0 aliphatic heterocycles. The largest absolute Gasteiger partial charge is 0.494 e. The molecule has 3 rings (SSSR count). The summed E-state index contributed by atoms with van der Waals surface area (Å²) in [5.74, 6) is 0.453. The molecule has 1 aromatic heterocycles. The zero-order valence-corrected chi connectivity index (χ0v) is 18.0. The van der Waals surface area contributed by atoms with Gasteiger partial charge in [0.15, 0.2) is 11.6 Å². The van der Waals surface area contributed by atoms with Gasteiger partial charge in [0, 0.05) is 31.0 Å². The van der Waals surface area contributed by atoms with E-state index in [9.17, 15) is 12.8 Å². The summed E-state index contributed by atoms with van der Waals surface area (Å²) < 4.78 is 40.6. The highest BCUT2D eigenvalue weighted by Gasteiger charge is 2.27. The minimum Gasteiger partial charge on any atom is -0.494 e. The highest BCUT2D eigenvalue weighted by atomic mass is 32.2. The van der Waals surface area contributed by atoms with Crippen LogP contribution in [0.15, 0.2) is 30.6 Å². The molecule has 1 heterocycles. The van der Waals surface area contributed by atoms with Crippen molar-refractivity contribution in [2.45, 2.75) is 44.2 Å². The lowest BCUT2D eigenvalue weighted by atomic mass is 10.0. The van der Waals surface area contributed by atoms with Crippen LogP contribution in [0.25, 0.3) is 0 Å². The van der Waals surface area contributed by atoms with Gasteiger partial charge in [-0.15, -0.1) is 0 Å². The van der Waals surface area contributed by atoms with Crippen LogP contribution >= 0.6 is 0 Å². The lowest BCUT2D eigenvalue weighted by Gasteiger charge is -2.21. The highest BCUT2D eigenvalue weighted by Crippen LogP contribution is 2.35. The fraction of sp³-hybridized carbons (Fsp3) is 0.500. The van der Waals surface area contributed by atoms with E-state index < -0.39 is 10.0 Å². The van der Waals surface area contributed by atoms with Crippen LogP contribution in [0.5, 0.6) is 5.75 Å². The lowest BCUT2D eigenvalue weighted by molar-refractivity contribution is 0.384. The third kappa shape index (κ3) is 6.10. The Morgan fingerprint density at radius 1 is 1.30 bits per heavy atom. The zero-order valence-electron chi connectivity index (χ0n) is 17.1. The second-order valence-electron chi connectivity index (χ2n) is 7.62. The minimum atomic E-state index is -3.51. The van der Waals surface area contributed by atoms with E-state index in [2.05, 4.69) is 27.5 Å². The topological polar surface area (TPSA) is 119 Å². The van der Waals surface area contributed by atoms with Crippen molar-refractivity contribution in [2.24, 2.45) is 5.14 Å². The second-order valence-corrected chi connectivity index (χ2v) is 9.36. The van der Waals surface area contributed by atoms with Gasteiger partial charge in [0.25, 0.3) is 0 Å². The third-order valence-corrected chi connectivity index (χ3v) is 6.18. The number of anilines is 1. The molecule has 1 aromatic carbocycles. The van der Waals surface area contributed by atoms with Gasteiger partial charge < -0.3 is 15.4 Å². The molecule has 164 valence electrons. The molecule has 1 fully saturated rings. The lowest BCUT2D eigenvalue weighted by Crippen LogP contribution is -2.29. The van der Waals surface area contributed by atoms with Crippen LogP contribution in [-0.4, -0.2) is 43.8 Å². The van der Waals surface area contributed by atoms with Crippen LogP contribution in [0.4, 0.5) is 10.3 Å². The van der Waals surface area contributed by atoms with Crippen molar-refractivity contribution < 1.29 is 17.5 Å². The normalized spacial score (nSPS) is 20.1. The molecule has 0 spiro atoms. The molecule has 30 heavy (non-hydrogen) atoms. The molecule has 0 amide bonds. The fourth-order valence-corrected chi connectivity index (χ4v) is 4.16. The predicted octanol–water partition coefficient (Wildman–Crippen LogP) is 2.31. The van der Waals surface area contributed by atoms with Gasteiger partial charge in [-0.2, -0.15) is 0 Å². The molecule has 1 aliphatic rings. The molecular formula is C20H28FN5O3S. The first kappa shape index (κ1) is 22.4. The number of ether oxygens (including phenoxy) is 1. The molecular weight excluding hydrogens is 409 g/mol. The van der Waals surface area contributed by atoms with E-state index in [1.807, 2.05) is 0 Å². The Kier molecular flexibility index (Phi) is 7.22. The summed E-state index contributed by atoms with van der Waals surface area (Å²) in [6.45, 7) is 2.23. The van der Waals surface area contributed by atoms with Gasteiger partial charge in [-0.05, 0) is 55.4 Å². The second kappa shape index (κ2) is 9.67. The van der Waals surface area contributed by atoms with Crippen LogP contribution in [0.2, 0.25) is 0 Å². The summed E-state index contributed by atoms with van der Waals surface area (Å²) >= 11 is 0. The van der Waals surface area contributed by atoms with Crippen molar-refractivity contribution in [3.63, 3.8) is 0 Å². The quantitative estimate of drug-likeness (QED) is 0.551. The number of halogens is 1. The molecule has 10 heteroatoms. The number of primary sulfonamides is 1. The maximum atomic E-state index is 13.6. The molecule has 8 nitrogen and oxygen atoms in total. The van der Waals surface area contributed by atoms with Gasteiger partial charge >= 0.3 is 0 Å². The van der Waals surface area contributed by atoms with Crippen molar-refractivity contribution >= 4 is 16.0 Å². The number of methoxy groups -OCH3 is 1. The van der Waals surface area contributed by atoms with Crippen LogP contribution in [0.3, 0.4) is 0 Å². The molecule has 1 aliphatic carbocycles. The predicted molar refractivity (Wildman–Crippen MR) is 113 cm³/mol. The van der Waals surface area contributed by atoms with E-state index in [1.165, 1.54) is 13.2 Å². The SMILES string of the molecule is COc1cc([C@@H](C)N[C@H]2CC[C@@H](c3cnc(NCCS(N)(=O)=O)nc3)C2)ccc1F. The Hall–Kier alpha value is -2.30. The summed E-state index contributed by atoms with van der Waals surface area (Å²) in [7, 11) is -2.05. The van der Waals surface area contributed by atoms with Gasteiger partial charge in [0.1, 0.15) is 0 Å². The van der Waals surface area contributed by atoms with Gasteiger partial charge in [-0.25, -0.2) is 27.9 Å². The van der Waals surface area contributed by atoms with Crippen molar-refractivity contribution in [2.75, 3.05) is 24.7 Å². The number of nitrogens with zero attached hydrogens (tertiary/aromatic N) is 2. The monoisotopic (exact) mass is 437 g/mol. The first-order chi connectivity index (χ1) is 14.2. The molecule has 0 unspecified atom stereocenters. The molecule has 3 atom stereocenters. The van der Waals surface area contributed by atoms with E-state index in [0.29, 0.717) is 17.9 Å². The maximum Gasteiger partial charge on any atom is 0.222 e.